The van der Waals surface area contributed by atoms with Crippen molar-refractivity contribution in [2.24, 2.45) is 28.9 Å². The van der Waals surface area contributed by atoms with Crippen LogP contribution in [0.2, 0.25) is 0 Å². The van der Waals surface area contributed by atoms with E-state index in [1.54, 1.807) is 11.8 Å². The molecule has 4 N–H and O–H groups in total. The first-order valence-electron chi connectivity index (χ1n) is 9.77. The van der Waals surface area contributed by atoms with Gasteiger partial charge in [-0.2, -0.15) is 0 Å². The maximum absolute atomic E-state index is 12.6. The zero-order valence-corrected chi connectivity index (χ0v) is 16.7. The van der Waals surface area contributed by atoms with Gasteiger partial charge < -0.3 is 21.3 Å². The SMILES string of the molecule is CCC(C)(C(N)=O)C(=O)NCC1CN(C(=O)C2CCC(C(C)C)NC2=O)C1. The van der Waals surface area contributed by atoms with E-state index < -0.39 is 17.2 Å². The van der Waals surface area contributed by atoms with Crippen molar-refractivity contribution in [3.05, 3.63) is 0 Å². The highest BCUT2D eigenvalue weighted by molar-refractivity contribution is 6.04. The molecule has 8 nitrogen and oxygen atoms in total. The molecule has 27 heavy (non-hydrogen) atoms. The minimum Gasteiger partial charge on any atom is -0.369 e. The van der Waals surface area contributed by atoms with E-state index in [9.17, 15) is 19.2 Å². The van der Waals surface area contributed by atoms with Crippen molar-refractivity contribution in [3.63, 3.8) is 0 Å². The van der Waals surface area contributed by atoms with Gasteiger partial charge in [-0.1, -0.05) is 20.8 Å². The Morgan fingerprint density at radius 1 is 1.30 bits per heavy atom. The van der Waals surface area contributed by atoms with Crippen LogP contribution in [0, 0.1) is 23.2 Å². The van der Waals surface area contributed by atoms with Gasteiger partial charge in [-0.05, 0) is 32.1 Å². The maximum atomic E-state index is 12.6. The van der Waals surface area contributed by atoms with Crippen LogP contribution in [0.5, 0.6) is 0 Å². The number of amides is 4. The first-order valence-corrected chi connectivity index (χ1v) is 9.77. The largest absolute Gasteiger partial charge is 0.369 e. The van der Waals surface area contributed by atoms with Gasteiger partial charge in [0, 0.05) is 31.6 Å². The lowest BCUT2D eigenvalue weighted by molar-refractivity contribution is -0.149. The van der Waals surface area contributed by atoms with E-state index in [0.29, 0.717) is 38.4 Å². The molecule has 2 saturated heterocycles. The van der Waals surface area contributed by atoms with Crippen LogP contribution in [0.15, 0.2) is 0 Å². The number of piperidine rings is 1. The van der Waals surface area contributed by atoms with Gasteiger partial charge in [0.25, 0.3) is 0 Å². The summed E-state index contributed by atoms with van der Waals surface area (Å²) in [6.45, 7) is 8.80. The molecule has 0 bridgehead atoms. The predicted molar refractivity (Wildman–Crippen MR) is 100 cm³/mol. The molecule has 0 saturated carbocycles. The summed E-state index contributed by atoms with van der Waals surface area (Å²) in [7, 11) is 0. The molecule has 0 radical (unpaired) electrons. The van der Waals surface area contributed by atoms with Crippen molar-refractivity contribution in [2.45, 2.75) is 53.0 Å². The van der Waals surface area contributed by atoms with Gasteiger partial charge in [-0.25, -0.2) is 0 Å². The molecule has 0 aromatic carbocycles. The monoisotopic (exact) mass is 380 g/mol. The Balaban J connectivity index is 1.78. The van der Waals surface area contributed by atoms with E-state index in [0.717, 1.165) is 6.42 Å². The summed E-state index contributed by atoms with van der Waals surface area (Å²) in [5, 5.41) is 5.71. The lowest BCUT2D eigenvalue weighted by Gasteiger charge is -2.42. The Hall–Kier alpha value is -2.12. The van der Waals surface area contributed by atoms with Crippen molar-refractivity contribution in [3.8, 4) is 0 Å². The molecule has 2 heterocycles. The Bertz CT molecular complexity index is 615. The molecule has 0 aliphatic carbocycles. The second kappa shape index (κ2) is 8.27. The molecule has 2 fully saturated rings. The number of nitrogens with zero attached hydrogens (tertiary/aromatic N) is 1. The van der Waals surface area contributed by atoms with Crippen LogP contribution in [-0.4, -0.2) is 54.2 Å². The minimum atomic E-state index is -1.22. The molecule has 8 heteroatoms. The van der Waals surface area contributed by atoms with Crippen LogP contribution in [0.4, 0.5) is 0 Å². The maximum Gasteiger partial charge on any atom is 0.235 e. The molecule has 0 spiro atoms. The van der Waals surface area contributed by atoms with Crippen LogP contribution < -0.4 is 16.4 Å². The van der Waals surface area contributed by atoms with E-state index in [2.05, 4.69) is 24.5 Å². The Morgan fingerprint density at radius 3 is 2.41 bits per heavy atom. The third-order valence-corrected chi connectivity index (χ3v) is 6.09. The first kappa shape index (κ1) is 21.2. The number of rotatable bonds is 7. The molecule has 2 rings (SSSR count). The van der Waals surface area contributed by atoms with Gasteiger partial charge in [-0.3, -0.25) is 19.2 Å². The second-order valence-electron chi connectivity index (χ2n) is 8.36. The van der Waals surface area contributed by atoms with Gasteiger partial charge >= 0.3 is 0 Å². The molecule has 0 aromatic rings. The lowest BCUT2D eigenvalue weighted by atomic mass is 9.85. The highest BCUT2D eigenvalue weighted by atomic mass is 16.2. The minimum absolute atomic E-state index is 0.127. The molecular formula is C19H32N4O4. The number of hydrogen-bond acceptors (Lipinski definition) is 4. The zero-order chi connectivity index (χ0) is 20.4. The van der Waals surface area contributed by atoms with Gasteiger partial charge in [0.1, 0.15) is 11.3 Å². The molecule has 3 unspecified atom stereocenters. The van der Waals surface area contributed by atoms with E-state index in [1.807, 2.05) is 0 Å². The number of likely N-dealkylation sites (tertiary alicyclic amines) is 1. The fourth-order valence-corrected chi connectivity index (χ4v) is 3.55. The van der Waals surface area contributed by atoms with Crippen molar-refractivity contribution >= 4 is 23.6 Å². The number of nitrogens with one attached hydrogen (secondary N) is 2. The van der Waals surface area contributed by atoms with Crippen LogP contribution >= 0.6 is 0 Å². The Labute approximate surface area is 160 Å². The quantitative estimate of drug-likeness (QED) is 0.539. The average Bonchev–Trinajstić information content (AvgIpc) is 2.58. The van der Waals surface area contributed by atoms with Crippen LogP contribution in [0.1, 0.15) is 47.0 Å². The molecule has 4 amide bonds. The fourth-order valence-electron chi connectivity index (χ4n) is 3.55. The molecule has 2 aliphatic rings. The van der Waals surface area contributed by atoms with Crippen molar-refractivity contribution < 1.29 is 19.2 Å². The summed E-state index contributed by atoms with van der Waals surface area (Å²) >= 11 is 0. The lowest BCUT2D eigenvalue weighted by Crippen LogP contribution is -2.59. The third kappa shape index (κ3) is 4.42. The standard InChI is InChI=1S/C19H32N4O4/c1-5-19(4,17(20)26)18(27)21-8-12-9-23(10-12)16(25)13-6-7-14(11(2)3)22-15(13)24/h11-14H,5-10H2,1-4H3,(H2,20,26)(H,21,27)(H,22,24). The highest BCUT2D eigenvalue weighted by Gasteiger charge is 2.42. The fraction of sp³-hybridized carbons (Fsp3) is 0.789. The molecule has 152 valence electrons. The number of carbonyl (C=O) groups excluding carboxylic acids is 4. The van der Waals surface area contributed by atoms with Crippen molar-refractivity contribution in [2.75, 3.05) is 19.6 Å². The summed E-state index contributed by atoms with van der Waals surface area (Å²) in [5.74, 6) is -1.45. The van der Waals surface area contributed by atoms with E-state index in [4.69, 9.17) is 5.73 Å². The third-order valence-electron chi connectivity index (χ3n) is 6.09. The van der Waals surface area contributed by atoms with Crippen molar-refractivity contribution in [1.82, 2.24) is 15.5 Å². The van der Waals surface area contributed by atoms with Gasteiger partial charge in [0.2, 0.25) is 23.6 Å². The Kier molecular flexibility index (Phi) is 6.49. The van der Waals surface area contributed by atoms with Crippen LogP contribution in [0.3, 0.4) is 0 Å². The zero-order valence-electron chi connectivity index (χ0n) is 16.7. The summed E-state index contributed by atoms with van der Waals surface area (Å²) < 4.78 is 0. The smallest absolute Gasteiger partial charge is 0.235 e. The van der Waals surface area contributed by atoms with Gasteiger partial charge in [0.05, 0.1) is 0 Å². The summed E-state index contributed by atoms with van der Waals surface area (Å²) in [6.07, 6.45) is 1.73. The van der Waals surface area contributed by atoms with E-state index in [-0.39, 0.29) is 29.7 Å². The van der Waals surface area contributed by atoms with E-state index in [1.165, 1.54) is 6.92 Å². The van der Waals surface area contributed by atoms with E-state index >= 15 is 0 Å². The molecule has 0 aromatic heterocycles. The molecular weight excluding hydrogens is 348 g/mol. The summed E-state index contributed by atoms with van der Waals surface area (Å²) in [6, 6.07) is 0.138. The number of carbonyl (C=O) groups is 4. The average molecular weight is 380 g/mol. The first-order chi connectivity index (χ1) is 12.6. The molecule has 3 atom stereocenters. The van der Waals surface area contributed by atoms with Crippen molar-refractivity contribution in [1.29, 1.82) is 0 Å². The number of primary amides is 1. The summed E-state index contributed by atoms with van der Waals surface area (Å²) in [4.78, 5) is 50.2. The summed E-state index contributed by atoms with van der Waals surface area (Å²) in [5.41, 5.74) is 4.11. The molecule has 2 aliphatic heterocycles. The van der Waals surface area contributed by atoms with Gasteiger partial charge in [-0.15, -0.1) is 0 Å². The highest BCUT2D eigenvalue weighted by Crippen LogP contribution is 2.26. The topological polar surface area (TPSA) is 122 Å². The Morgan fingerprint density at radius 2 is 1.93 bits per heavy atom. The van der Waals surface area contributed by atoms with Crippen LogP contribution in [0.25, 0.3) is 0 Å². The van der Waals surface area contributed by atoms with Crippen LogP contribution in [-0.2, 0) is 19.2 Å². The predicted octanol–water partition coefficient (Wildman–Crippen LogP) is 0.0134. The normalized spacial score (nSPS) is 25.4. The number of hydrogen-bond donors (Lipinski definition) is 3. The number of nitrogens with two attached hydrogens (primary N) is 1. The second-order valence-corrected chi connectivity index (χ2v) is 8.36. The van der Waals surface area contributed by atoms with Gasteiger partial charge in [0.15, 0.2) is 0 Å².